The van der Waals surface area contributed by atoms with E-state index in [0.29, 0.717) is 19.8 Å². The molecule has 0 spiro atoms. The first kappa shape index (κ1) is 52.6. The van der Waals surface area contributed by atoms with Gasteiger partial charge >= 0.3 is 23.9 Å². The highest BCUT2D eigenvalue weighted by Gasteiger charge is 2.15. The fourth-order valence-corrected chi connectivity index (χ4v) is 1.84. The third-order valence-electron chi connectivity index (χ3n) is 2.95. The van der Waals surface area contributed by atoms with Crippen LogP contribution >= 0.6 is 0 Å². The lowest BCUT2D eigenvalue weighted by Gasteiger charge is -2.11. The maximum Gasteiger partial charge on any atom is 0.313 e. The number of hydrogen-bond acceptors (Lipinski definition) is 12. The Morgan fingerprint density at radius 2 is 0.923 bits per heavy atom. The smallest absolute Gasteiger partial charge is 0.313 e. The van der Waals surface area contributed by atoms with Gasteiger partial charge in [-0.3, -0.25) is 28.8 Å². The largest absolute Gasteiger partial charge is 0.466 e. The predicted octanol–water partition coefficient (Wildman–Crippen LogP) is 3.61. The van der Waals surface area contributed by atoms with Crippen LogP contribution in [0.5, 0.6) is 0 Å². The van der Waals surface area contributed by atoms with E-state index in [2.05, 4.69) is 14.2 Å². The second kappa shape index (κ2) is 37.3. The SMILES string of the molecule is C.C.C.CCO.CCOC(=O)CC(C)=O.CCOC(=O)CC(C)O.CCOC(=O)CC(C)OC(=O)CC(C)=O. The van der Waals surface area contributed by atoms with Gasteiger partial charge in [0.15, 0.2) is 0 Å². The fraction of sp³-hybridized carbons (Fsp3) is 0.778. The summed E-state index contributed by atoms with van der Waals surface area (Å²) < 4.78 is 18.5. The lowest BCUT2D eigenvalue weighted by Crippen LogP contribution is -2.21. The van der Waals surface area contributed by atoms with E-state index in [0.717, 1.165) is 0 Å². The number of ketones is 2. The highest BCUT2D eigenvalue weighted by atomic mass is 16.6. The van der Waals surface area contributed by atoms with Gasteiger partial charge in [-0.05, 0) is 55.4 Å². The van der Waals surface area contributed by atoms with E-state index in [9.17, 15) is 28.8 Å². The van der Waals surface area contributed by atoms with Gasteiger partial charge in [-0.25, -0.2) is 0 Å². The van der Waals surface area contributed by atoms with E-state index >= 15 is 0 Å². The first-order valence-corrected chi connectivity index (χ1v) is 11.6. The molecule has 0 aliphatic heterocycles. The van der Waals surface area contributed by atoms with Crippen molar-refractivity contribution in [1.29, 1.82) is 0 Å². The maximum absolute atomic E-state index is 11.0. The third kappa shape index (κ3) is 56.5. The quantitative estimate of drug-likeness (QED) is 0.197. The van der Waals surface area contributed by atoms with Gasteiger partial charge in [-0.2, -0.15) is 0 Å². The van der Waals surface area contributed by atoms with Gasteiger partial charge in [0.2, 0.25) is 0 Å². The summed E-state index contributed by atoms with van der Waals surface area (Å²) in [5.41, 5.74) is 0. The Kier molecular flexibility index (Phi) is 50.3. The average molecular weight is 573 g/mol. The van der Waals surface area contributed by atoms with Gasteiger partial charge in [-0.15, -0.1) is 0 Å². The topological polar surface area (TPSA) is 180 Å². The Morgan fingerprint density at radius 1 is 0.615 bits per heavy atom. The Hall–Kier alpha value is -2.86. The van der Waals surface area contributed by atoms with E-state index in [1.807, 2.05) is 0 Å². The van der Waals surface area contributed by atoms with Crippen molar-refractivity contribution >= 4 is 35.4 Å². The van der Waals surface area contributed by atoms with Crippen molar-refractivity contribution in [3.05, 3.63) is 0 Å². The third-order valence-corrected chi connectivity index (χ3v) is 2.95. The van der Waals surface area contributed by atoms with E-state index in [1.54, 1.807) is 41.5 Å². The van der Waals surface area contributed by atoms with Crippen molar-refractivity contribution in [2.75, 3.05) is 26.4 Å². The van der Waals surface area contributed by atoms with Gasteiger partial charge in [-0.1, -0.05) is 22.3 Å². The van der Waals surface area contributed by atoms with Crippen molar-refractivity contribution in [1.82, 2.24) is 0 Å². The van der Waals surface area contributed by atoms with Crippen LogP contribution in [-0.2, 0) is 47.7 Å². The highest BCUT2D eigenvalue weighted by molar-refractivity contribution is 5.94. The van der Waals surface area contributed by atoms with Crippen molar-refractivity contribution < 1.29 is 57.9 Å². The summed E-state index contributed by atoms with van der Waals surface area (Å²) in [6, 6.07) is 0. The zero-order valence-corrected chi connectivity index (χ0v) is 22.8. The summed E-state index contributed by atoms with van der Waals surface area (Å²) in [5.74, 6) is -2.23. The Morgan fingerprint density at radius 3 is 1.23 bits per heavy atom. The minimum Gasteiger partial charge on any atom is -0.466 e. The van der Waals surface area contributed by atoms with Crippen molar-refractivity contribution in [3.8, 4) is 0 Å². The molecule has 0 saturated heterocycles. The molecule has 0 aromatic carbocycles. The molecule has 39 heavy (non-hydrogen) atoms. The van der Waals surface area contributed by atoms with Crippen LogP contribution in [0.4, 0.5) is 0 Å². The molecule has 0 heterocycles. The molecule has 0 saturated carbocycles. The van der Waals surface area contributed by atoms with Crippen LogP contribution in [-0.4, -0.2) is 84.3 Å². The Bertz CT molecular complexity index is 630. The zero-order valence-electron chi connectivity index (χ0n) is 22.8. The molecule has 0 aliphatic carbocycles. The van der Waals surface area contributed by atoms with Crippen LogP contribution in [0.15, 0.2) is 0 Å². The van der Waals surface area contributed by atoms with Gasteiger partial charge in [0.1, 0.15) is 30.5 Å². The second-order valence-electron chi connectivity index (χ2n) is 7.05. The minimum absolute atomic E-state index is 0. The summed E-state index contributed by atoms with van der Waals surface area (Å²) in [4.78, 5) is 63.7. The van der Waals surface area contributed by atoms with Crippen LogP contribution in [0, 0.1) is 0 Å². The molecule has 0 fully saturated rings. The number of aliphatic hydroxyl groups excluding tert-OH is 2. The standard InChI is InChI=1S/C10H16O5.C6H12O3.C6H10O3.C2H6O.3CH4/c1-4-14-9(12)6-8(3)15-10(13)5-7(2)11;2*1-3-9-6(8)4-5(2)7;1-2-3;;;/h8H,4-6H2,1-3H3;5,7H,3-4H2,1-2H3;3-4H2,1-2H3;3H,2H2,1H3;3*1H4. The Labute approximate surface area is 235 Å². The van der Waals surface area contributed by atoms with Gasteiger partial charge in [0.05, 0.1) is 38.8 Å². The fourth-order valence-electron chi connectivity index (χ4n) is 1.84. The summed E-state index contributed by atoms with van der Waals surface area (Å²) in [6.45, 7) is 13.9. The Balaban J connectivity index is -0.0000000750. The molecular weight excluding hydrogens is 516 g/mol. The normalized spacial score (nSPS) is 9.90. The molecule has 0 aromatic heterocycles. The van der Waals surface area contributed by atoms with Crippen LogP contribution < -0.4 is 0 Å². The molecule has 0 rings (SSSR count). The number of aliphatic hydroxyl groups is 2. The number of carbonyl (C=O) groups excluding carboxylic acids is 6. The number of ether oxygens (including phenoxy) is 4. The number of esters is 4. The summed E-state index contributed by atoms with van der Waals surface area (Å²) in [5, 5.41) is 16.2. The first-order valence-electron chi connectivity index (χ1n) is 11.6. The van der Waals surface area contributed by atoms with Crippen molar-refractivity contribution in [2.45, 2.75) is 116 Å². The zero-order chi connectivity index (χ0) is 29.1. The van der Waals surface area contributed by atoms with E-state index < -0.39 is 30.1 Å². The monoisotopic (exact) mass is 572 g/mol. The number of carbonyl (C=O) groups is 6. The molecule has 12 heteroatoms. The summed E-state index contributed by atoms with van der Waals surface area (Å²) >= 11 is 0. The van der Waals surface area contributed by atoms with Gasteiger partial charge in [0, 0.05) is 6.61 Å². The van der Waals surface area contributed by atoms with Crippen LogP contribution in [0.3, 0.4) is 0 Å². The summed E-state index contributed by atoms with van der Waals surface area (Å²) in [7, 11) is 0. The number of rotatable bonds is 12. The second-order valence-corrected chi connectivity index (χ2v) is 7.05. The molecule has 236 valence electrons. The van der Waals surface area contributed by atoms with E-state index in [1.165, 1.54) is 13.8 Å². The molecule has 0 aromatic rings. The highest BCUT2D eigenvalue weighted by Crippen LogP contribution is 2.02. The molecular formula is C27H56O12. The summed E-state index contributed by atoms with van der Waals surface area (Å²) in [6.07, 6.45) is -1.41. The molecule has 12 nitrogen and oxygen atoms in total. The molecule has 0 amide bonds. The molecule has 0 bridgehead atoms. The van der Waals surface area contributed by atoms with Crippen molar-refractivity contribution in [2.24, 2.45) is 0 Å². The number of Topliss-reactive ketones (excluding diaryl/α,β-unsaturated/α-hetero) is 2. The number of hydrogen-bond donors (Lipinski definition) is 2. The van der Waals surface area contributed by atoms with Gasteiger partial charge < -0.3 is 29.2 Å². The van der Waals surface area contributed by atoms with Crippen LogP contribution in [0.2, 0.25) is 0 Å². The lowest BCUT2D eigenvalue weighted by atomic mass is 10.3. The molecule has 0 radical (unpaired) electrons. The maximum atomic E-state index is 11.0. The van der Waals surface area contributed by atoms with Crippen molar-refractivity contribution in [3.63, 3.8) is 0 Å². The van der Waals surface area contributed by atoms with Crippen LogP contribution in [0.1, 0.15) is 103 Å². The van der Waals surface area contributed by atoms with E-state index in [-0.39, 0.29) is 72.1 Å². The van der Waals surface area contributed by atoms with E-state index in [4.69, 9.17) is 14.9 Å². The average Bonchev–Trinajstić information content (AvgIpc) is 2.68. The van der Waals surface area contributed by atoms with Gasteiger partial charge in [0.25, 0.3) is 0 Å². The predicted molar refractivity (Wildman–Crippen MR) is 150 cm³/mol. The minimum atomic E-state index is -0.612. The molecule has 2 N–H and O–H groups in total. The van der Waals surface area contributed by atoms with Crippen LogP contribution in [0.25, 0.3) is 0 Å². The lowest BCUT2D eigenvalue weighted by molar-refractivity contribution is -0.155. The molecule has 0 aliphatic rings. The molecule has 2 atom stereocenters. The molecule has 2 unspecified atom stereocenters. The first-order chi connectivity index (χ1) is 16.7.